The van der Waals surface area contributed by atoms with Crippen molar-refractivity contribution in [2.75, 3.05) is 18.4 Å². The minimum Gasteiger partial charge on any atom is -0.382 e. The highest BCUT2D eigenvalue weighted by Gasteiger charge is 2.13. The lowest BCUT2D eigenvalue weighted by atomic mass is 10.1. The van der Waals surface area contributed by atoms with Crippen LogP contribution in [-0.4, -0.2) is 29.9 Å². The zero-order valence-corrected chi connectivity index (χ0v) is 13.3. The highest BCUT2D eigenvalue weighted by Crippen LogP contribution is 2.16. The Kier molecular flexibility index (Phi) is 7.13. The van der Waals surface area contributed by atoms with E-state index in [0.29, 0.717) is 6.04 Å². The number of anilines is 1. The first-order valence-electron chi connectivity index (χ1n) is 7.82. The Labute approximate surface area is 123 Å². The standard InChI is InChI=1S/C17H28N2O/c1-5-10-15(6-2)18-16-12-9-11-14(13-16)17(20)19(7-3)8-4/h9,11-13,15,18H,5-8,10H2,1-4H3. The Bertz CT molecular complexity index is 413. The molecule has 1 atom stereocenters. The third kappa shape index (κ3) is 4.55. The minimum atomic E-state index is 0.113. The van der Waals surface area contributed by atoms with Gasteiger partial charge in [-0.2, -0.15) is 0 Å². The second-order valence-electron chi connectivity index (χ2n) is 5.10. The van der Waals surface area contributed by atoms with Gasteiger partial charge < -0.3 is 10.2 Å². The number of carbonyl (C=O) groups is 1. The van der Waals surface area contributed by atoms with Gasteiger partial charge in [-0.05, 0) is 44.9 Å². The van der Waals surface area contributed by atoms with Crippen LogP contribution in [0.25, 0.3) is 0 Å². The van der Waals surface area contributed by atoms with E-state index in [2.05, 4.69) is 19.2 Å². The van der Waals surface area contributed by atoms with Gasteiger partial charge in [0.2, 0.25) is 0 Å². The molecule has 1 rings (SSSR count). The summed E-state index contributed by atoms with van der Waals surface area (Å²) < 4.78 is 0. The van der Waals surface area contributed by atoms with Crippen LogP contribution in [-0.2, 0) is 0 Å². The Hall–Kier alpha value is -1.51. The summed E-state index contributed by atoms with van der Waals surface area (Å²) in [6.45, 7) is 9.92. The second-order valence-corrected chi connectivity index (χ2v) is 5.10. The molecule has 3 heteroatoms. The molecule has 0 aliphatic rings. The largest absolute Gasteiger partial charge is 0.382 e. The van der Waals surface area contributed by atoms with Crippen molar-refractivity contribution in [1.29, 1.82) is 0 Å². The van der Waals surface area contributed by atoms with Gasteiger partial charge in [-0.1, -0.05) is 26.3 Å². The summed E-state index contributed by atoms with van der Waals surface area (Å²) in [5.41, 5.74) is 1.81. The molecule has 20 heavy (non-hydrogen) atoms. The highest BCUT2D eigenvalue weighted by molar-refractivity contribution is 5.95. The van der Waals surface area contributed by atoms with Gasteiger partial charge in [0.25, 0.3) is 5.91 Å². The summed E-state index contributed by atoms with van der Waals surface area (Å²) in [5.74, 6) is 0.113. The topological polar surface area (TPSA) is 32.3 Å². The van der Waals surface area contributed by atoms with E-state index in [1.165, 1.54) is 6.42 Å². The lowest BCUT2D eigenvalue weighted by Gasteiger charge is -2.20. The van der Waals surface area contributed by atoms with Crippen molar-refractivity contribution in [2.24, 2.45) is 0 Å². The van der Waals surface area contributed by atoms with Gasteiger partial charge in [0.15, 0.2) is 0 Å². The molecule has 1 amide bonds. The quantitative estimate of drug-likeness (QED) is 0.773. The summed E-state index contributed by atoms with van der Waals surface area (Å²) in [6.07, 6.45) is 3.43. The van der Waals surface area contributed by atoms with E-state index in [1.807, 2.05) is 43.0 Å². The highest BCUT2D eigenvalue weighted by atomic mass is 16.2. The molecule has 0 fully saturated rings. The second kappa shape index (κ2) is 8.62. The van der Waals surface area contributed by atoms with E-state index in [1.54, 1.807) is 0 Å². The Morgan fingerprint density at radius 1 is 1.20 bits per heavy atom. The maximum Gasteiger partial charge on any atom is 0.253 e. The van der Waals surface area contributed by atoms with Gasteiger partial charge in [-0.15, -0.1) is 0 Å². The zero-order valence-electron chi connectivity index (χ0n) is 13.3. The third-order valence-corrected chi connectivity index (χ3v) is 3.66. The number of nitrogens with one attached hydrogen (secondary N) is 1. The molecule has 1 unspecified atom stereocenters. The lowest BCUT2D eigenvalue weighted by Crippen LogP contribution is -2.30. The van der Waals surface area contributed by atoms with Crippen LogP contribution < -0.4 is 5.32 Å². The first-order valence-corrected chi connectivity index (χ1v) is 7.82. The first kappa shape index (κ1) is 16.5. The Balaban J connectivity index is 2.82. The Morgan fingerprint density at radius 3 is 2.45 bits per heavy atom. The monoisotopic (exact) mass is 276 g/mol. The van der Waals surface area contributed by atoms with Crippen LogP contribution in [0.15, 0.2) is 24.3 Å². The number of carbonyl (C=O) groups excluding carboxylic acids is 1. The van der Waals surface area contributed by atoms with Crippen molar-refractivity contribution in [3.8, 4) is 0 Å². The number of benzene rings is 1. The van der Waals surface area contributed by atoms with E-state index in [-0.39, 0.29) is 5.91 Å². The van der Waals surface area contributed by atoms with Crippen LogP contribution in [0, 0.1) is 0 Å². The van der Waals surface area contributed by atoms with Crippen LogP contribution >= 0.6 is 0 Å². The molecule has 0 radical (unpaired) electrons. The van der Waals surface area contributed by atoms with Gasteiger partial charge in [0.05, 0.1) is 0 Å². The van der Waals surface area contributed by atoms with Crippen molar-refractivity contribution in [2.45, 2.75) is 53.0 Å². The molecular weight excluding hydrogens is 248 g/mol. The van der Waals surface area contributed by atoms with E-state index in [4.69, 9.17) is 0 Å². The first-order chi connectivity index (χ1) is 9.65. The number of rotatable bonds is 8. The van der Waals surface area contributed by atoms with Gasteiger partial charge in [0, 0.05) is 30.4 Å². The molecule has 1 aromatic carbocycles. The van der Waals surface area contributed by atoms with E-state index in [0.717, 1.165) is 37.2 Å². The summed E-state index contributed by atoms with van der Waals surface area (Å²) in [6, 6.07) is 8.35. The zero-order chi connectivity index (χ0) is 15.0. The number of hydrogen-bond donors (Lipinski definition) is 1. The van der Waals surface area contributed by atoms with Crippen LogP contribution in [0.3, 0.4) is 0 Å². The molecule has 0 bridgehead atoms. The maximum absolute atomic E-state index is 12.3. The molecule has 0 saturated heterocycles. The molecule has 0 aliphatic heterocycles. The summed E-state index contributed by atoms with van der Waals surface area (Å²) in [4.78, 5) is 14.2. The maximum atomic E-state index is 12.3. The molecule has 112 valence electrons. The van der Waals surface area contributed by atoms with Gasteiger partial charge in [-0.3, -0.25) is 4.79 Å². The molecule has 0 heterocycles. The summed E-state index contributed by atoms with van der Waals surface area (Å²) in [5, 5.41) is 3.53. The van der Waals surface area contributed by atoms with Crippen molar-refractivity contribution in [3.63, 3.8) is 0 Å². The number of nitrogens with zero attached hydrogens (tertiary/aromatic N) is 1. The molecule has 0 aromatic heterocycles. The lowest BCUT2D eigenvalue weighted by molar-refractivity contribution is 0.0773. The fourth-order valence-corrected chi connectivity index (χ4v) is 2.40. The molecule has 0 aliphatic carbocycles. The Morgan fingerprint density at radius 2 is 1.90 bits per heavy atom. The van der Waals surface area contributed by atoms with Gasteiger partial charge in [0.1, 0.15) is 0 Å². The van der Waals surface area contributed by atoms with Crippen LogP contribution in [0.1, 0.15) is 57.3 Å². The molecule has 1 N–H and O–H groups in total. The van der Waals surface area contributed by atoms with E-state index < -0.39 is 0 Å². The average molecular weight is 276 g/mol. The van der Waals surface area contributed by atoms with Crippen LogP contribution in [0.2, 0.25) is 0 Å². The van der Waals surface area contributed by atoms with E-state index >= 15 is 0 Å². The molecular formula is C17H28N2O. The van der Waals surface area contributed by atoms with E-state index in [9.17, 15) is 4.79 Å². The smallest absolute Gasteiger partial charge is 0.253 e. The predicted molar refractivity (Wildman–Crippen MR) is 86.3 cm³/mol. The summed E-state index contributed by atoms with van der Waals surface area (Å²) in [7, 11) is 0. The third-order valence-electron chi connectivity index (χ3n) is 3.66. The number of hydrogen-bond acceptors (Lipinski definition) is 2. The number of amides is 1. The molecule has 3 nitrogen and oxygen atoms in total. The minimum absolute atomic E-state index is 0.113. The van der Waals surface area contributed by atoms with Gasteiger partial charge in [-0.25, -0.2) is 0 Å². The summed E-state index contributed by atoms with van der Waals surface area (Å²) >= 11 is 0. The SMILES string of the molecule is CCCC(CC)Nc1cccc(C(=O)N(CC)CC)c1. The average Bonchev–Trinajstić information content (AvgIpc) is 2.48. The fraction of sp³-hybridized carbons (Fsp3) is 0.588. The molecule has 0 spiro atoms. The van der Waals surface area contributed by atoms with Crippen LogP contribution in [0.5, 0.6) is 0 Å². The fourth-order valence-electron chi connectivity index (χ4n) is 2.40. The van der Waals surface area contributed by atoms with Gasteiger partial charge >= 0.3 is 0 Å². The van der Waals surface area contributed by atoms with Crippen LogP contribution in [0.4, 0.5) is 5.69 Å². The normalized spacial score (nSPS) is 12.0. The molecule has 0 saturated carbocycles. The van der Waals surface area contributed by atoms with Crippen molar-refractivity contribution < 1.29 is 4.79 Å². The van der Waals surface area contributed by atoms with Crippen molar-refractivity contribution in [1.82, 2.24) is 4.90 Å². The molecule has 1 aromatic rings. The predicted octanol–water partition coefficient (Wildman–Crippen LogP) is 4.16. The van der Waals surface area contributed by atoms with Crippen molar-refractivity contribution >= 4 is 11.6 Å². The van der Waals surface area contributed by atoms with Crippen molar-refractivity contribution in [3.05, 3.63) is 29.8 Å².